The van der Waals surface area contributed by atoms with E-state index < -0.39 is 0 Å². The lowest BCUT2D eigenvalue weighted by Gasteiger charge is -2.16. The van der Waals surface area contributed by atoms with Crippen LogP contribution in [0.2, 0.25) is 0 Å². The number of nitrogens with two attached hydrogens (primary N) is 1. The molecule has 1 unspecified atom stereocenters. The standard InChI is InChI=1S/C10H13BrN4O2/c1-17-9(16)6-2-3-15(5-6)10-13-7(11)4-8(12)14-10/h4,6H,2-3,5H2,1H3,(H2,12,13,14). The topological polar surface area (TPSA) is 81.3 Å². The second kappa shape index (κ2) is 4.87. The summed E-state index contributed by atoms with van der Waals surface area (Å²) in [7, 11) is 1.40. The Morgan fingerprint density at radius 2 is 2.41 bits per heavy atom. The van der Waals surface area contributed by atoms with Gasteiger partial charge in [-0.25, -0.2) is 4.98 Å². The summed E-state index contributed by atoms with van der Waals surface area (Å²) in [6, 6.07) is 1.64. The fourth-order valence-electron chi connectivity index (χ4n) is 1.86. The molecule has 17 heavy (non-hydrogen) atoms. The van der Waals surface area contributed by atoms with Crippen molar-refractivity contribution in [1.29, 1.82) is 0 Å². The Kier molecular flexibility index (Phi) is 3.46. The van der Waals surface area contributed by atoms with Gasteiger partial charge in [0.1, 0.15) is 10.4 Å². The zero-order valence-corrected chi connectivity index (χ0v) is 11.0. The number of carbonyl (C=O) groups excluding carboxylic acids is 1. The summed E-state index contributed by atoms with van der Waals surface area (Å²) < 4.78 is 5.37. The third kappa shape index (κ3) is 2.66. The predicted octanol–water partition coefficient (Wildman–Crippen LogP) is 0.821. The Morgan fingerprint density at radius 3 is 3.06 bits per heavy atom. The molecule has 2 heterocycles. The van der Waals surface area contributed by atoms with Crippen molar-refractivity contribution in [3.8, 4) is 0 Å². The molecule has 0 saturated carbocycles. The molecule has 6 nitrogen and oxygen atoms in total. The quantitative estimate of drug-likeness (QED) is 0.643. The monoisotopic (exact) mass is 300 g/mol. The van der Waals surface area contributed by atoms with E-state index in [1.807, 2.05) is 4.90 Å². The van der Waals surface area contributed by atoms with E-state index in [-0.39, 0.29) is 11.9 Å². The van der Waals surface area contributed by atoms with E-state index in [0.717, 1.165) is 13.0 Å². The fourth-order valence-corrected chi connectivity index (χ4v) is 2.26. The summed E-state index contributed by atoms with van der Waals surface area (Å²) in [5, 5.41) is 0. The number of hydrogen-bond donors (Lipinski definition) is 1. The van der Waals surface area contributed by atoms with Crippen LogP contribution in [0.25, 0.3) is 0 Å². The van der Waals surface area contributed by atoms with Crippen molar-refractivity contribution in [3.05, 3.63) is 10.7 Å². The average Bonchev–Trinajstić information content (AvgIpc) is 2.76. The molecule has 1 fully saturated rings. The first-order valence-electron chi connectivity index (χ1n) is 5.23. The van der Waals surface area contributed by atoms with Crippen LogP contribution < -0.4 is 10.6 Å². The normalized spacial score (nSPS) is 19.4. The lowest BCUT2D eigenvalue weighted by atomic mass is 10.1. The zero-order valence-electron chi connectivity index (χ0n) is 9.39. The molecule has 2 N–H and O–H groups in total. The molecule has 0 radical (unpaired) electrons. The van der Waals surface area contributed by atoms with Gasteiger partial charge >= 0.3 is 5.97 Å². The van der Waals surface area contributed by atoms with E-state index in [1.54, 1.807) is 6.07 Å². The smallest absolute Gasteiger partial charge is 0.310 e. The van der Waals surface area contributed by atoms with Gasteiger partial charge in [0.15, 0.2) is 0 Å². The van der Waals surface area contributed by atoms with E-state index in [4.69, 9.17) is 10.5 Å². The third-order valence-corrected chi connectivity index (χ3v) is 3.11. The Bertz CT molecular complexity index is 420. The van der Waals surface area contributed by atoms with Crippen molar-refractivity contribution < 1.29 is 9.53 Å². The third-order valence-electron chi connectivity index (χ3n) is 2.71. The van der Waals surface area contributed by atoms with Crippen molar-refractivity contribution in [1.82, 2.24) is 9.97 Å². The highest BCUT2D eigenvalue weighted by molar-refractivity contribution is 9.10. The molecule has 0 aromatic carbocycles. The summed E-state index contributed by atoms with van der Waals surface area (Å²) in [4.78, 5) is 21.7. The molecule has 1 saturated heterocycles. The summed E-state index contributed by atoms with van der Waals surface area (Å²) in [5.74, 6) is 0.658. The number of hydrogen-bond acceptors (Lipinski definition) is 6. The predicted molar refractivity (Wildman–Crippen MR) is 66.5 cm³/mol. The molecule has 0 aliphatic carbocycles. The van der Waals surface area contributed by atoms with Gasteiger partial charge in [-0.2, -0.15) is 4.98 Å². The number of esters is 1. The lowest BCUT2D eigenvalue weighted by molar-refractivity contribution is -0.144. The van der Waals surface area contributed by atoms with E-state index in [1.165, 1.54) is 7.11 Å². The summed E-state index contributed by atoms with van der Waals surface area (Å²) in [5.41, 5.74) is 5.65. The molecule has 1 aromatic rings. The Hall–Kier alpha value is -1.37. The van der Waals surface area contributed by atoms with Gasteiger partial charge in [0.05, 0.1) is 13.0 Å². The molecule has 1 aromatic heterocycles. The molecule has 92 valence electrons. The molecule has 0 spiro atoms. The SMILES string of the molecule is COC(=O)C1CCN(c2nc(N)cc(Br)n2)C1. The second-order valence-electron chi connectivity index (χ2n) is 3.87. The number of rotatable bonds is 2. The van der Waals surface area contributed by atoms with E-state index in [2.05, 4.69) is 25.9 Å². The van der Waals surface area contributed by atoms with Crippen molar-refractivity contribution in [2.24, 2.45) is 5.92 Å². The van der Waals surface area contributed by atoms with Crippen LogP contribution in [-0.4, -0.2) is 36.1 Å². The van der Waals surface area contributed by atoms with Crippen LogP contribution in [0.4, 0.5) is 11.8 Å². The zero-order chi connectivity index (χ0) is 12.4. The van der Waals surface area contributed by atoms with Gasteiger partial charge in [0.25, 0.3) is 0 Å². The number of ether oxygens (including phenoxy) is 1. The minimum atomic E-state index is -0.185. The maximum Gasteiger partial charge on any atom is 0.310 e. The van der Waals surface area contributed by atoms with Gasteiger partial charge < -0.3 is 15.4 Å². The highest BCUT2D eigenvalue weighted by Crippen LogP contribution is 2.23. The summed E-state index contributed by atoms with van der Waals surface area (Å²) in [6.07, 6.45) is 0.752. The first-order chi connectivity index (χ1) is 8.10. The molecule has 0 bridgehead atoms. The fraction of sp³-hybridized carbons (Fsp3) is 0.500. The number of methoxy groups -OCH3 is 1. The maximum absolute atomic E-state index is 11.4. The van der Waals surface area contributed by atoms with Crippen molar-refractivity contribution in [2.45, 2.75) is 6.42 Å². The van der Waals surface area contributed by atoms with Crippen molar-refractivity contribution >= 4 is 33.7 Å². The Balaban J connectivity index is 2.12. The number of anilines is 2. The molecule has 7 heteroatoms. The summed E-state index contributed by atoms with van der Waals surface area (Å²) >= 11 is 3.27. The van der Waals surface area contributed by atoms with Gasteiger partial charge in [0.2, 0.25) is 5.95 Å². The van der Waals surface area contributed by atoms with E-state index in [9.17, 15) is 4.79 Å². The number of nitrogen functional groups attached to an aromatic ring is 1. The average molecular weight is 301 g/mol. The van der Waals surface area contributed by atoms with Gasteiger partial charge in [-0.1, -0.05) is 0 Å². The largest absolute Gasteiger partial charge is 0.469 e. The number of carbonyl (C=O) groups is 1. The van der Waals surface area contributed by atoms with Gasteiger partial charge in [-0.15, -0.1) is 0 Å². The number of nitrogens with zero attached hydrogens (tertiary/aromatic N) is 3. The Morgan fingerprint density at radius 1 is 1.65 bits per heavy atom. The molecule has 0 amide bonds. The van der Waals surface area contributed by atoms with Crippen LogP contribution in [0.3, 0.4) is 0 Å². The number of aromatic nitrogens is 2. The number of halogens is 1. The van der Waals surface area contributed by atoms with Crippen molar-refractivity contribution in [3.63, 3.8) is 0 Å². The minimum absolute atomic E-state index is 0.108. The molecule has 2 rings (SSSR count). The maximum atomic E-state index is 11.4. The highest BCUT2D eigenvalue weighted by Gasteiger charge is 2.30. The highest BCUT2D eigenvalue weighted by atomic mass is 79.9. The summed E-state index contributed by atoms with van der Waals surface area (Å²) in [6.45, 7) is 1.30. The molecular formula is C10H13BrN4O2. The molecular weight excluding hydrogens is 288 g/mol. The van der Waals surface area contributed by atoms with Gasteiger partial charge in [-0.3, -0.25) is 4.79 Å². The first-order valence-corrected chi connectivity index (χ1v) is 6.02. The van der Waals surface area contributed by atoms with Crippen LogP contribution in [0, 0.1) is 5.92 Å². The van der Waals surface area contributed by atoms with Crippen LogP contribution in [0.1, 0.15) is 6.42 Å². The second-order valence-corrected chi connectivity index (χ2v) is 4.68. The molecule has 1 atom stereocenters. The van der Waals surface area contributed by atoms with Crippen LogP contribution in [-0.2, 0) is 9.53 Å². The molecule has 1 aliphatic heterocycles. The van der Waals surface area contributed by atoms with Gasteiger partial charge in [-0.05, 0) is 22.4 Å². The van der Waals surface area contributed by atoms with E-state index >= 15 is 0 Å². The minimum Gasteiger partial charge on any atom is -0.469 e. The van der Waals surface area contributed by atoms with E-state index in [0.29, 0.717) is 22.9 Å². The van der Waals surface area contributed by atoms with Crippen LogP contribution in [0.15, 0.2) is 10.7 Å². The van der Waals surface area contributed by atoms with Crippen molar-refractivity contribution in [2.75, 3.05) is 30.8 Å². The first kappa shape index (κ1) is 12.1. The molecule has 1 aliphatic rings. The van der Waals surface area contributed by atoms with Crippen LogP contribution in [0.5, 0.6) is 0 Å². The van der Waals surface area contributed by atoms with Gasteiger partial charge in [0, 0.05) is 19.2 Å². The Labute approximate surface area is 107 Å². The lowest BCUT2D eigenvalue weighted by Crippen LogP contribution is -2.25. The van der Waals surface area contributed by atoms with Crippen LogP contribution >= 0.6 is 15.9 Å².